The van der Waals surface area contributed by atoms with E-state index in [1.54, 1.807) is 0 Å². The molecule has 0 amide bonds. The van der Waals surface area contributed by atoms with Crippen molar-refractivity contribution in [3.05, 3.63) is 35.4 Å². The molecular formula is C16H21NO3. The van der Waals surface area contributed by atoms with Gasteiger partial charge < -0.3 is 9.47 Å². The Labute approximate surface area is 119 Å². The zero-order valence-electron chi connectivity index (χ0n) is 11.9. The van der Waals surface area contributed by atoms with Crippen molar-refractivity contribution in [3.63, 3.8) is 0 Å². The highest BCUT2D eigenvalue weighted by atomic mass is 16.5. The number of methoxy groups -OCH3 is 1. The lowest BCUT2D eigenvalue weighted by atomic mass is 10.0. The van der Waals surface area contributed by atoms with Gasteiger partial charge in [0.25, 0.3) is 0 Å². The topological polar surface area (TPSA) is 38.8 Å². The van der Waals surface area contributed by atoms with Crippen LogP contribution in [0.15, 0.2) is 24.3 Å². The molecule has 2 saturated heterocycles. The number of carbonyl (C=O) groups is 1. The maximum Gasteiger partial charge on any atom is 0.309 e. The van der Waals surface area contributed by atoms with E-state index >= 15 is 0 Å². The molecule has 4 heteroatoms. The van der Waals surface area contributed by atoms with E-state index in [4.69, 9.17) is 9.47 Å². The monoisotopic (exact) mass is 275 g/mol. The summed E-state index contributed by atoms with van der Waals surface area (Å²) in [5.74, 6) is -0.181. The molecule has 0 spiro atoms. The van der Waals surface area contributed by atoms with E-state index in [2.05, 4.69) is 11.0 Å². The maximum atomic E-state index is 11.5. The third-order valence-electron chi connectivity index (χ3n) is 4.19. The first-order valence-corrected chi connectivity index (χ1v) is 7.26. The Bertz CT molecular complexity index is 476. The molecule has 0 N–H and O–H groups in total. The van der Waals surface area contributed by atoms with Gasteiger partial charge in [0.2, 0.25) is 0 Å². The Kier molecular flexibility index (Phi) is 4.03. The Morgan fingerprint density at radius 1 is 1.25 bits per heavy atom. The molecule has 0 radical (unpaired) electrons. The molecule has 1 aromatic carbocycles. The Hall–Kier alpha value is -1.39. The molecule has 2 aliphatic rings. The van der Waals surface area contributed by atoms with E-state index in [1.807, 2.05) is 18.2 Å². The molecule has 3 rings (SSSR count). The second-order valence-corrected chi connectivity index (χ2v) is 5.67. The van der Waals surface area contributed by atoms with Gasteiger partial charge in [0, 0.05) is 19.6 Å². The van der Waals surface area contributed by atoms with Crippen LogP contribution in [0.1, 0.15) is 24.0 Å². The van der Waals surface area contributed by atoms with Gasteiger partial charge in [-0.3, -0.25) is 9.69 Å². The van der Waals surface area contributed by atoms with Crippen LogP contribution >= 0.6 is 0 Å². The van der Waals surface area contributed by atoms with Crippen molar-refractivity contribution in [2.24, 2.45) is 0 Å². The highest BCUT2D eigenvalue weighted by Gasteiger charge is 2.33. The highest BCUT2D eigenvalue weighted by Crippen LogP contribution is 2.27. The largest absolute Gasteiger partial charge is 0.469 e. The first kappa shape index (κ1) is 13.6. The normalized spacial score (nSPS) is 25.6. The van der Waals surface area contributed by atoms with Crippen LogP contribution in [0, 0.1) is 0 Å². The molecule has 2 atom stereocenters. The quantitative estimate of drug-likeness (QED) is 0.785. The van der Waals surface area contributed by atoms with Crippen molar-refractivity contribution in [1.82, 2.24) is 4.90 Å². The van der Waals surface area contributed by atoms with Crippen molar-refractivity contribution >= 4 is 5.97 Å². The minimum Gasteiger partial charge on any atom is -0.469 e. The predicted octanol–water partition coefficient (Wildman–Crippen LogP) is 1.77. The number of rotatable bonds is 4. The number of likely N-dealkylation sites (tertiary alicyclic amines) is 1. The number of benzene rings is 1. The standard InChI is InChI=1S/C16H21NO3/c1-19-16(18)8-12-4-2-3-5-13(12)9-17-10-14-6-7-15(11-17)20-14/h2-5,14-15H,6-11H2,1H3. The van der Waals surface area contributed by atoms with Crippen molar-refractivity contribution in [2.45, 2.75) is 38.0 Å². The molecule has 20 heavy (non-hydrogen) atoms. The summed E-state index contributed by atoms with van der Waals surface area (Å²) in [6.07, 6.45) is 3.53. The molecule has 4 nitrogen and oxygen atoms in total. The fraction of sp³-hybridized carbons (Fsp3) is 0.562. The van der Waals surface area contributed by atoms with Crippen LogP contribution in [-0.2, 0) is 27.2 Å². The zero-order valence-corrected chi connectivity index (χ0v) is 11.9. The lowest BCUT2D eigenvalue weighted by Gasteiger charge is -2.32. The third kappa shape index (κ3) is 3.02. The van der Waals surface area contributed by atoms with Crippen molar-refractivity contribution in [1.29, 1.82) is 0 Å². The van der Waals surface area contributed by atoms with Crippen LogP contribution in [-0.4, -0.2) is 43.3 Å². The highest BCUT2D eigenvalue weighted by molar-refractivity contribution is 5.72. The van der Waals surface area contributed by atoms with Crippen LogP contribution in [0.5, 0.6) is 0 Å². The average Bonchev–Trinajstić information content (AvgIpc) is 2.80. The fourth-order valence-corrected chi connectivity index (χ4v) is 3.18. The molecule has 1 aromatic rings. The molecule has 0 saturated carbocycles. The number of nitrogens with zero attached hydrogens (tertiary/aromatic N) is 1. The van der Waals surface area contributed by atoms with Crippen LogP contribution in [0.2, 0.25) is 0 Å². The van der Waals surface area contributed by atoms with Crippen molar-refractivity contribution in [3.8, 4) is 0 Å². The van der Waals surface area contributed by atoms with Gasteiger partial charge in [0.15, 0.2) is 0 Å². The van der Waals surface area contributed by atoms with Gasteiger partial charge in [-0.25, -0.2) is 0 Å². The Morgan fingerprint density at radius 3 is 2.55 bits per heavy atom. The van der Waals surface area contributed by atoms with E-state index in [0.717, 1.165) is 25.2 Å². The summed E-state index contributed by atoms with van der Waals surface area (Å²) in [7, 11) is 1.44. The maximum absolute atomic E-state index is 11.5. The van der Waals surface area contributed by atoms with Gasteiger partial charge in [0.05, 0.1) is 25.7 Å². The second-order valence-electron chi connectivity index (χ2n) is 5.67. The van der Waals surface area contributed by atoms with Crippen LogP contribution in [0.25, 0.3) is 0 Å². The van der Waals surface area contributed by atoms with Gasteiger partial charge >= 0.3 is 5.97 Å². The lowest BCUT2D eigenvalue weighted by Crippen LogP contribution is -2.42. The van der Waals surface area contributed by atoms with Crippen molar-refractivity contribution in [2.75, 3.05) is 20.2 Å². The average molecular weight is 275 g/mol. The van der Waals surface area contributed by atoms with Gasteiger partial charge in [-0.05, 0) is 24.0 Å². The number of hydrogen-bond donors (Lipinski definition) is 0. The fourth-order valence-electron chi connectivity index (χ4n) is 3.18. The molecular weight excluding hydrogens is 254 g/mol. The third-order valence-corrected chi connectivity index (χ3v) is 4.19. The van der Waals surface area contributed by atoms with Crippen molar-refractivity contribution < 1.29 is 14.3 Å². The SMILES string of the molecule is COC(=O)Cc1ccccc1CN1CC2CCC(C1)O2. The molecule has 0 aliphatic carbocycles. The number of hydrogen-bond acceptors (Lipinski definition) is 4. The molecule has 2 fully saturated rings. The molecule has 2 heterocycles. The van der Waals surface area contributed by atoms with E-state index in [1.165, 1.54) is 25.5 Å². The molecule has 2 bridgehead atoms. The lowest BCUT2D eigenvalue weighted by molar-refractivity contribution is -0.139. The first-order valence-electron chi connectivity index (χ1n) is 7.26. The van der Waals surface area contributed by atoms with Gasteiger partial charge in [-0.2, -0.15) is 0 Å². The van der Waals surface area contributed by atoms with Gasteiger partial charge in [-0.1, -0.05) is 24.3 Å². The summed E-state index contributed by atoms with van der Waals surface area (Å²) in [6.45, 7) is 2.90. The van der Waals surface area contributed by atoms with E-state index < -0.39 is 0 Å². The van der Waals surface area contributed by atoms with Crippen LogP contribution in [0.4, 0.5) is 0 Å². The van der Waals surface area contributed by atoms with E-state index in [-0.39, 0.29) is 5.97 Å². The summed E-state index contributed by atoms with van der Waals surface area (Å²) in [5.41, 5.74) is 2.29. The van der Waals surface area contributed by atoms with Gasteiger partial charge in [-0.15, -0.1) is 0 Å². The molecule has 0 aromatic heterocycles. The van der Waals surface area contributed by atoms with E-state index in [0.29, 0.717) is 18.6 Å². The summed E-state index contributed by atoms with van der Waals surface area (Å²) < 4.78 is 10.6. The Morgan fingerprint density at radius 2 is 1.90 bits per heavy atom. The molecule has 2 aliphatic heterocycles. The minimum atomic E-state index is -0.181. The summed E-state index contributed by atoms with van der Waals surface area (Å²) in [6, 6.07) is 8.13. The first-order chi connectivity index (χ1) is 9.74. The van der Waals surface area contributed by atoms with Crippen LogP contribution < -0.4 is 0 Å². The predicted molar refractivity (Wildman–Crippen MR) is 75.3 cm³/mol. The number of esters is 1. The second kappa shape index (κ2) is 5.94. The molecule has 108 valence electrons. The van der Waals surface area contributed by atoms with Crippen LogP contribution in [0.3, 0.4) is 0 Å². The summed E-state index contributed by atoms with van der Waals surface area (Å²) in [4.78, 5) is 13.9. The number of ether oxygens (including phenoxy) is 2. The Balaban J connectivity index is 1.69. The molecule has 2 unspecified atom stereocenters. The number of fused-ring (bicyclic) bond motifs is 2. The summed E-state index contributed by atoms with van der Waals surface area (Å²) in [5, 5.41) is 0. The van der Waals surface area contributed by atoms with Gasteiger partial charge in [0.1, 0.15) is 0 Å². The number of carbonyl (C=O) groups excluding carboxylic acids is 1. The smallest absolute Gasteiger partial charge is 0.309 e. The zero-order chi connectivity index (χ0) is 13.9. The minimum absolute atomic E-state index is 0.181. The summed E-state index contributed by atoms with van der Waals surface area (Å²) >= 11 is 0. The number of morpholine rings is 1. The van der Waals surface area contributed by atoms with E-state index in [9.17, 15) is 4.79 Å².